The van der Waals surface area contributed by atoms with Gasteiger partial charge in [0, 0.05) is 48.9 Å². The summed E-state index contributed by atoms with van der Waals surface area (Å²) in [5.74, 6) is 0.516. The Balaban J connectivity index is 1.99. The van der Waals surface area contributed by atoms with Crippen molar-refractivity contribution in [3.63, 3.8) is 0 Å². The number of carbonyl (C=O) groups is 1. The summed E-state index contributed by atoms with van der Waals surface area (Å²) in [6.45, 7) is 5.35. The molecule has 0 atom stereocenters. The number of H-pyrrole nitrogens is 1. The summed E-state index contributed by atoms with van der Waals surface area (Å²) < 4.78 is 0. The van der Waals surface area contributed by atoms with Gasteiger partial charge in [-0.25, -0.2) is 0 Å². The van der Waals surface area contributed by atoms with E-state index < -0.39 is 0 Å². The minimum absolute atomic E-state index is 0.0367. The molecular formula is C13H18N2O2. The van der Waals surface area contributed by atoms with Crippen LogP contribution in [0.2, 0.25) is 0 Å². The quantitative estimate of drug-likeness (QED) is 0.859. The first-order valence-corrected chi connectivity index (χ1v) is 6.08. The predicted molar refractivity (Wildman–Crippen MR) is 66.0 cm³/mol. The molecule has 4 nitrogen and oxygen atoms in total. The highest BCUT2D eigenvalue weighted by Gasteiger charge is 2.31. The molecule has 2 heterocycles. The van der Waals surface area contributed by atoms with E-state index >= 15 is 0 Å². The fraction of sp³-hybridized carbons (Fsp3) is 0.538. The molecule has 1 amide bonds. The molecule has 1 N–H and O–H groups in total. The summed E-state index contributed by atoms with van der Waals surface area (Å²) in [5.41, 5.74) is 1.87. The third-order valence-electron chi connectivity index (χ3n) is 3.14. The summed E-state index contributed by atoms with van der Waals surface area (Å²) in [7, 11) is 0. The number of carbonyl (C=O) groups excluding carboxylic acids is 1. The van der Waals surface area contributed by atoms with Crippen LogP contribution in [0.3, 0.4) is 0 Å². The maximum atomic E-state index is 11.6. The molecule has 0 aromatic carbocycles. The largest absolute Gasteiger partial charge is 0.362 e. The Morgan fingerprint density at radius 2 is 2.18 bits per heavy atom. The van der Waals surface area contributed by atoms with E-state index in [1.54, 1.807) is 12.1 Å². The van der Waals surface area contributed by atoms with E-state index in [0.717, 1.165) is 30.9 Å². The lowest BCUT2D eigenvalue weighted by atomic mass is 9.95. The minimum Gasteiger partial charge on any atom is -0.362 e. The topological polar surface area (TPSA) is 53.2 Å². The normalized spacial score (nSPS) is 15.8. The number of likely N-dealkylation sites (tertiary alicyclic amines) is 1. The average molecular weight is 234 g/mol. The maximum Gasteiger partial charge on any atom is 0.222 e. The predicted octanol–water partition coefficient (Wildman–Crippen LogP) is 1.41. The van der Waals surface area contributed by atoms with Gasteiger partial charge in [0.05, 0.1) is 0 Å². The minimum atomic E-state index is 0.0367. The molecule has 1 saturated heterocycles. The Morgan fingerprint density at radius 3 is 2.76 bits per heavy atom. The first-order valence-electron chi connectivity index (χ1n) is 6.08. The molecule has 0 aliphatic carbocycles. The van der Waals surface area contributed by atoms with E-state index in [0.29, 0.717) is 12.3 Å². The molecule has 92 valence electrons. The Labute approximate surface area is 101 Å². The summed E-state index contributed by atoms with van der Waals surface area (Å²) >= 11 is 0. The number of hydrogen-bond acceptors (Lipinski definition) is 2. The zero-order valence-electron chi connectivity index (χ0n) is 10.3. The second kappa shape index (κ2) is 4.73. The van der Waals surface area contributed by atoms with Crippen molar-refractivity contribution in [2.45, 2.75) is 32.6 Å². The van der Waals surface area contributed by atoms with E-state index in [4.69, 9.17) is 0 Å². The molecule has 1 fully saturated rings. The molecule has 17 heavy (non-hydrogen) atoms. The fourth-order valence-electron chi connectivity index (χ4n) is 2.18. The maximum absolute atomic E-state index is 11.6. The molecule has 4 heteroatoms. The highest BCUT2D eigenvalue weighted by molar-refractivity contribution is 5.77. The van der Waals surface area contributed by atoms with Crippen LogP contribution >= 0.6 is 0 Å². The number of amides is 1. The van der Waals surface area contributed by atoms with E-state index in [1.165, 1.54) is 0 Å². The molecule has 0 saturated carbocycles. The van der Waals surface area contributed by atoms with Crippen molar-refractivity contribution in [2.24, 2.45) is 0 Å². The lowest BCUT2D eigenvalue weighted by Gasteiger charge is -2.39. The van der Waals surface area contributed by atoms with Gasteiger partial charge in [-0.2, -0.15) is 0 Å². The van der Waals surface area contributed by atoms with Crippen LogP contribution in [-0.2, 0) is 4.79 Å². The second-order valence-electron chi connectivity index (χ2n) is 4.70. The summed E-state index contributed by atoms with van der Waals surface area (Å²) in [4.78, 5) is 28.0. The molecule has 1 aromatic heterocycles. The van der Waals surface area contributed by atoms with Gasteiger partial charge in [0.15, 0.2) is 5.43 Å². The Morgan fingerprint density at radius 1 is 1.47 bits per heavy atom. The Kier molecular flexibility index (Phi) is 3.31. The standard InChI is InChI=1S/C13H18N2O2/c1-3-4-13(17)15-7-10(8-15)12-6-11(16)5-9(2)14-12/h5-6,10H,3-4,7-8H2,1-2H3,(H,14,16). The van der Waals surface area contributed by atoms with E-state index in [2.05, 4.69) is 4.98 Å². The van der Waals surface area contributed by atoms with Gasteiger partial charge in [-0.05, 0) is 13.3 Å². The first-order chi connectivity index (χ1) is 8.10. The number of pyridine rings is 1. The number of rotatable bonds is 3. The van der Waals surface area contributed by atoms with Crippen molar-refractivity contribution >= 4 is 5.91 Å². The Hall–Kier alpha value is -1.58. The fourth-order valence-corrected chi connectivity index (χ4v) is 2.18. The van der Waals surface area contributed by atoms with Crippen molar-refractivity contribution in [1.29, 1.82) is 0 Å². The van der Waals surface area contributed by atoms with Gasteiger partial charge in [-0.1, -0.05) is 6.92 Å². The summed E-state index contributed by atoms with van der Waals surface area (Å²) in [6, 6.07) is 3.22. The number of nitrogens with zero attached hydrogens (tertiary/aromatic N) is 1. The van der Waals surface area contributed by atoms with Gasteiger partial charge in [0.2, 0.25) is 5.91 Å². The highest BCUT2D eigenvalue weighted by Crippen LogP contribution is 2.25. The first kappa shape index (κ1) is 11.9. The number of aromatic nitrogens is 1. The monoisotopic (exact) mass is 234 g/mol. The number of aromatic amines is 1. The number of hydrogen-bond donors (Lipinski definition) is 1. The van der Waals surface area contributed by atoms with Crippen molar-refractivity contribution in [3.05, 3.63) is 33.7 Å². The molecule has 0 bridgehead atoms. The molecule has 2 rings (SSSR count). The SMILES string of the molecule is CCCC(=O)N1CC(c2cc(=O)cc(C)[nH]2)C1. The molecule has 1 aliphatic heterocycles. The lowest BCUT2D eigenvalue weighted by Crippen LogP contribution is -2.48. The van der Waals surface area contributed by atoms with Crippen molar-refractivity contribution in [1.82, 2.24) is 9.88 Å². The Bertz CT molecular complexity index is 473. The third kappa shape index (κ3) is 2.57. The lowest BCUT2D eigenvalue weighted by molar-refractivity contribution is -0.135. The van der Waals surface area contributed by atoms with Crippen LogP contribution < -0.4 is 5.43 Å². The van der Waals surface area contributed by atoms with Crippen LogP contribution in [0.25, 0.3) is 0 Å². The van der Waals surface area contributed by atoms with E-state index in [-0.39, 0.29) is 11.3 Å². The smallest absolute Gasteiger partial charge is 0.222 e. The third-order valence-corrected chi connectivity index (χ3v) is 3.14. The highest BCUT2D eigenvalue weighted by atomic mass is 16.2. The number of nitrogens with one attached hydrogen (secondary N) is 1. The van der Waals surface area contributed by atoms with E-state index in [9.17, 15) is 9.59 Å². The molecule has 1 aromatic rings. The molecular weight excluding hydrogens is 216 g/mol. The summed E-state index contributed by atoms with van der Waals surface area (Å²) in [6.07, 6.45) is 1.51. The van der Waals surface area contributed by atoms with Crippen LogP contribution in [-0.4, -0.2) is 28.9 Å². The zero-order chi connectivity index (χ0) is 12.4. The van der Waals surface area contributed by atoms with Gasteiger partial charge in [0.25, 0.3) is 0 Å². The molecule has 0 unspecified atom stereocenters. The van der Waals surface area contributed by atoms with Crippen molar-refractivity contribution in [3.8, 4) is 0 Å². The van der Waals surface area contributed by atoms with Gasteiger partial charge >= 0.3 is 0 Å². The van der Waals surface area contributed by atoms with Gasteiger partial charge in [-0.3, -0.25) is 9.59 Å². The van der Waals surface area contributed by atoms with Crippen molar-refractivity contribution < 1.29 is 4.79 Å². The van der Waals surface area contributed by atoms with Crippen LogP contribution in [0.1, 0.15) is 37.1 Å². The molecule has 0 radical (unpaired) electrons. The van der Waals surface area contributed by atoms with Crippen LogP contribution in [0.4, 0.5) is 0 Å². The summed E-state index contributed by atoms with van der Waals surface area (Å²) in [5, 5.41) is 0. The van der Waals surface area contributed by atoms with Crippen LogP contribution in [0.15, 0.2) is 16.9 Å². The van der Waals surface area contributed by atoms with Gasteiger partial charge < -0.3 is 9.88 Å². The molecule has 1 aliphatic rings. The average Bonchev–Trinajstić information content (AvgIpc) is 2.13. The van der Waals surface area contributed by atoms with E-state index in [1.807, 2.05) is 18.7 Å². The van der Waals surface area contributed by atoms with Crippen LogP contribution in [0.5, 0.6) is 0 Å². The van der Waals surface area contributed by atoms with Gasteiger partial charge in [-0.15, -0.1) is 0 Å². The van der Waals surface area contributed by atoms with Crippen LogP contribution in [0, 0.1) is 6.92 Å². The number of aryl methyl sites for hydroxylation is 1. The second-order valence-corrected chi connectivity index (χ2v) is 4.70. The zero-order valence-corrected chi connectivity index (χ0v) is 10.3. The van der Waals surface area contributed by atoms with Gasteiger partial charge in [0.1, 0.15) is 0 Å². The molecule has 0 spiro atoms. The van der Waals surface area contributed by atoms with Crippen molar-refractivity contribution in [2.75, 3.05) is 13.1 Å².